The average Bonchev–Trinajstić information content (AvgIpc) is 2.96. The lowest BCUT2D eigenvalue weighted by Crippen LogP contribution is -2.46. The highest BCUT2D eigenvalue weighted by Crippen LogP contribution is 2.24. The number of nitrogens with zero attached hydrogens (tertiary/aromatic N) is 1. The number of aliphatic hydroxyl groups is 1. The molecular weight excluding hydrogens is 308 g/mol. The van der Waals surface area contributed by atoms with Crippen molar-refractivity contribution >= 4 is 17.2 Å². The summed E-state index contributed by atoms with van der Waals surface area (Å²) in [6.07, 6.45) is 1.61. The van der Waals surface area contributed by atoms with Gasteiger partial charge in [0.1, 0.15) is 5.01 Å². The van der Waals surface area contributed by atoms with Gasteiger partial charge in [-0.3, -0.25) is 4.79 Å². The van der Waals surface area contributed by atoms with Crippen molar-refractivity contribution in [2.24, 2.45) is 0 Å². The molecule has 1 aromatic heterocycles. The van der Waals surface area contributed by atoms with Crippen molar-refractivity contribution in [1.82, 2.24) is 10.3 Å². The fourth-order valence-electron chi connectivity index (χ4n) is 2.34. The van der Waals surface area contributed by atoms with Gasteiger partial charge in [0.15, 0.2) is 0 Å². The lowest BCUT2D eigenvalue weighted by molar-refractivity contribution is -0.122. The van der Waals surface area contributed by atoms with Crippen LogP contribution in [0.5, 0.6) is 0 Å². The third kappa shape index (κ3) is 4.88. The Labute approximate surface area is 141 Å². The SMILES string of the molecule is CCC(C)(CCO)NC(=O)Cc1csc(-c2ccc(C)cc2)n1. The number of aryl methyl sites for hydroxylation is 1. The molecule has 4 nitrogen and oxygen atoms in total. The predicted octanol–water partition coefficient (Wildman–Crippen LogP) is 3.33. The first-order chi connectivity index (χ1) is 11.0. The first-order valence-corrected chi connectivity index (χ1v) is 8.77. The summed E-state index contributed by atoms with van der Waals surface area (Å²) in [4.78, 5) is 16.8. The number of carbonyl (C=O) groups excluding carboxylic acids is 1. The van der Waals surface area contributed by atoms with Crippen molar-refractivity contribution in [3.05, 3.63) is 40.9 Å². The number of nitrogens with one attached hydrogen (secondary N) is 1. The first-order valence-electron chi connectivity index (χ1n) is 7.89. The number of benzene rings is 1. The summed E-state index contributed by atoms with van der Waals surface area (Å²) in [7, 11) is 0. The van der Waals surface area contributed by atoms with Gasteiger partial charge in [-0.05, 0) is 26.7 Å². The van der Waals surface area contributed by atoms with Gasteiger partial charge in [-0.15, -0.1) is 11.3 Å². The van der Waals surface area contributed by atoms with Gasteiger partial charge in [-0.1, -0.05) is 36.8 Å². The summed E-state index contributed by atoms with van der Waals surface area (Å²) >= 11 is 1.55. The van der Waals surface area contributed by atoms with Crippen molar-refractivity contribution < 1.29 is 9.90 Å². The maximum absolute atomic E-state index is 12.2. The maximum atomic E-state index is 12.2. The number of hydrogen-bond acceptors (Lipinski definition) is 4. The fourth-order valence-corrected chi connectivity index (χ4v) is 3.16. The lowest BCUT2D eigenvalue weighted by Gasteiger charge is -2.28. The fraction of sp³-hybridized carbons (Fsp3) is 0.444. The Balaban J connectivity index is 2.01. The molecule has 2 aromatic rings. The van der Waals surface area contributed by atoms with Crippen molar-refractivity contribution in [2.75, 3.05) is 6.61 Å². The summed E-state index contributed by atoms with van der Waals surface area (Å²) in [6.45, 7) is 6.09. The summed E-state index contributed by atoms with van der Waals surface area (Å²) in [5, 5.41) is 15.0. The van der Waals surface area contributed by atoms with E-state index in [9.17, 15) is 4.79 Å². The number of aromatic nitrogens is 1. The molecule has 0 saturated heterocycles. The van der Waals surface area contributed by atoms with E-state index >= 15 is 0 Å². The number of hydrogen-bond donors (Lipinski definition) is 2. The van der Waals surface area contributed by atoms with Gasteiger partial charge >= 0.3 is 0 Å². The molecule has 23 heavy (non-hydrogen) atoms. The first kappa shape index (κ1) is 17.6. The molecule has 1 aromatic carbocycles. The molecule has 1 atom stereocenters. The third-order valence-corrected chi connectivity index (χ3v) is 5.02. The molecule has 0 aliphatic rings. The van der Waals surface area contributed by atoms with Crippen LogP contribution in [0.2, 0.25) is 0 Å². The van der Waals surface area contributed by atoms with E-state index in [4.69, 9.17) is 5.11 Å². The van der Waals surface area contributed by atoms with Crippen LogP contribution < -0.4 is 5.32 Å². The van der Waals surface area contributed by atoms with Crippen LogP contribution >= 0.6 is 11.3 Å². The summed E-state index contributed by atoms with van der Waals surface area (Å²) < 4.78 is 0. The highest BCUT2D eigenvalue weighted by atomic mass is 32.1. The lowest BCUT2D eigenvalue weighted by atomic mass is 9.94. The Morgan fingerprint density at radius 3 is 2.65 bits per heavy atom. The van der Waals surface area contributed by atoms with Gasteiger partial charge in [0.05, 0.1) is 12.1 Å². The van der Waals surface area contributed by atoms with E-state index in [2.05, 4.69) is 29.4 Å². The number of aliphatic hydroxyl groups excluding tert-OH is 1. The molecule has 2 N–H and O–H groups in total. The van der Waals surface area contributed by atoms with E-state index in [0.29, 0.717) is 6.42 Å². The Morgan fingerprint density at radius 2 is 2.04 bits per heavy atom. The highest BCUT2D eigenvalue weighted by Gasteiger charge is 2.23. The van der Waals surface area contributed by atoms with Crippen molar-refractivity contribution in [1.29, 1.82) is 0 Å². The molecule has 0 aliphatic heterocycles. The molecule has 1 amide bonds. The van der Waals surface area contributed by atoms with Crippen LogP contribution in [0.1, 0.15) is 37.9 Å². The summed E-state index contributed by atoms with van der Waals surface area (Å²) in [5.41, 5.74) is 2.71. The Bertz CT molecular complexity index is 651. The zero-order valence-corrected chi connectivity index (χ0v) is 14.7. The van der Waals surface area contributed by atoms with Crippen molar-refractivity contribution in [2.45, 2.75) is 45.6 Å². The maximum Gasteiger partial charge on any atom is 0.226 e. The molecule has 124 valence electrons. The second-order valence-corrected chi connectivity index (χ2v) is 6.98. The molecule has 0 radical (unpaired) electrons. The second kappa shape index (κ2) is 7.70. The minimum absolute atomic E-state index is 0.0523. The molecule has 0 aliphatic carbocycles. The van der Waals surface area contributed by atoms with E-state index in [-0.39, 0.29) is 24.5 Å². The van der Waals surface area contributed by atoms with Crippen LogP contribution in [0.4, 0.5) is 0 Å². The summed E-state index contributed by atoms with van der Waals surface area (Å²) in [6, 6.07) is 8.22. The molecule has 0 spiro atoms. The number of amides is 1. The largest absolute Gasteiger partial charge is 0.396 e. The zero-order valence-electron chi connectivity index (χ0n) is 13.9. The Hall–Kier alpha value is -1.72. The average molecular weight is 332 g/mol. The van der Waals surface area contributed by atoms with Crippen LogP contribution in [-0.4, -0.2) is 28.1 Å². The molecule has 5 heteroatoms. The molecule has 0 fully saturated rings. The van der Waals surface area contributed by atoms with Gasteiger partial charge in [0, 0.05) is 23.1 Å². The monoisotopic (exact) mass is 332 g/mol. The molecular formula is C18H24N2O2S. The van der Waals surface area contributed by atoms with Crippen molar-refractivity contribution in [3.63, 3.8) is 0 Å². The van der Waals surface area contributed by atoms with E-state index in [1.807, 2.05) is 31.4 Å². The minimum Gasteiger partial charge on any atom is -0.396 e. The van der Waals surface area contributed by atoms with Crippen LogP contribution in [0.25, 0.3) is 10.6 Å². The highest BCUT2D eigenvalue weighted by molar-refractivity contribution is 7.13. The summed E-state index contributed by atoms with van der Waals surface area (Å²) in [5.74, 6) is -0.0523. The molecule has 0 bridgehead atoms. The van der Waals surface area contributed by atoms with Gasteiger partial charge < -0.3 is 10.4 Å². The van der Waals surface area contributed by atoms with Crippen molar-refractivity contribution in [3.8, 4) is 10.6 Å². The van der Waals surface area contributed by atoms with Crippen LogP contribution in [-0.2, 0) is 11.2 Å². The molecule has 1 unspecified atom stereocenters. The Kier molecular flexibility index (Phi) is 5.91. The second-order valence-electron chi connectivity index (χ2n) is 6.12. The minimum atomic E-state index is -0.359. The number of carbonyl (C=O) groups is 1. The predicted molar refractivity (Wildman–Crippen MR) is 94.5 cm³/mol. The van der Waals surface area contributed by atoms with E-state index < -0.39 is 0 Å². The normalized spacial score (nSPS) is 13.6. The van der Waals surface area contributed by atoms with Gasteiger partial charge in [0.25, 0.3) is 0 Å². The van der Waals surface area contributed by atoms with E-state index in [1.54, 1.807) is 11.3 Å². The topological polar surface area (TPSA) is 62.2 Å². The van der Waals surface area contributed by atoms with Crippen LogP contribution in [0.15, 0.2) is 29.6 Å². The van der Waals surface area contributed by atoms with E-state index in [1.165, 1.54) is 5.56 Å². The Morgan fingerprint density at radius 1 is 1.35 bits per heavy atom. The third-order valence-electron chi connectivity index (χ3n) is 4.08. The van der Waals surface area contributed by atoms with Crippen LogP contribution in [0, 0.1) is 6.92 Å². The van der Waals surface area contributed by atoms with Crippen LogP contribution in [0.3, 0.4) is 0 Å². The number of rotatable bonds is 7. The molecule has 2 rings (SSSR count). The zero-order chi connectivity index (χ0) is 16.9. The van der Waals surface area contributed by atoms with Gasteiger partial charge in [-0.25, -0.2) is 4.98 Å². The molecule has 0 saturated carbocycles. The van der Waals surface area contributed by atoms with Gasteiger partial charge in [-0.2, -0.15) is 0 Å². The van der Waals surface area contributed by atoms with E-state index in [0.717, 1.165) is 22.7 Å². The standard InChI is InChI=1S/C18H24N2O2S/c1-4-18(3,9-10-21)20-16(22)11-15-12-23-17(19-15)14-7-5-13(2)6-8-14/h5-8,12,21H,4,9-11H2,1-3H3,(H,20,22). The van der Waals surface area contributed by atoms with Gasteiger partial charge in [0.2, 0.25) is 5.91 Å². The smallest absolute Gasteiger partial charge is 0.226 e. The number of thiazole rings is 1. The molecule has 1 heterocycles. The quantitative estimate of drug-likeness (QED) is 0.817.